The standard InChI is InChI=1S/C13H26O2.C10H17F3O2.C10H20O2.C9H14F4O2.C9H18O2.C8H20Si/c1-8-13(6,7)12(14)15-11(9(2)3)10(4)5;1-6-9(5,10(11,12)13)7(14)15-8(2,3)4;1-5-7-8-12-9(11)10(3,4)6-2;1-4-8(2,3)7(14)15-5-9(12,13)6(10)11;1-6-9(4,5)8(10)11-7(2)3;1-6-8(2)7-9(3,4)5/h9-11H,8H2,1-7H3;6H2,1-5H3;5-8H2,1-4H3;6H,4-5H2,1-3H3;7H,6H2,1-5H3;8H,6-7H2,1-5H3. The van der Waals surface area contributed by atoms with Crippen LogP contribution in [0, 0.1) is 44.8 Å². The van der Waals surface area contributed by atoms with Crippen LogP contribution in [0.1, 0.15) is 231 Å². The van der Waals surface area contributed by atoms with Crippen molar-refractivity contribution < 1.29 is 78.4 Å². The summed E-state index contributed by atoms with van der Waals surface area (Å²) in [6.07, 6.45) is -2.48. The maximum atomic E-state index is 12.6. The fourth-order valence-electron chi connectivity index (χ4n) is 5.24. The molecule has 0 aromatic rings. The van der Waals surface area contributed by atoms with Gasteiger partial charge in [0.25, 0.3) is 0 Å². The summed E-state index contributed by atoms with van der Waals surface area (Å²) in [5, 5.41) is 0. The Kier molecular flexibility index (Phi) is 42.0. The molecule has 0 aliphatic carbocycles. The first-order chi connectivity index (χ1) is 34.2. The van der Waals surface area contributed by atoms with Gasteiger partial charge in [-0.15, -0.1) is 0 Å². The lowest BCUT2D eigenvalue weighted by atomic mass is 9.86. The first-order valence-corrected chi connectivity index (χ1v) is 31.6. The number of alkyl halides is 7. The predicted molar refractivity (Wildman–Crippen MR) is 303 cm³/mol. The van der Waals surface area contributed by atoms with Crippen molar-refractivity contribution in [3.8, 4) is 0 Å². The van der Waals surface area contributed by atoms with E-state index in [9.17, 15) is 54.7 Å². The van der Waals surface area contributed by atoms with Gasteiger partial charge in [0.2, 0.25) is 0 Å². The van der Waals surface area contributed by atoms with E-state index in [0.717, 1.165) is 44.9 Å². The molecule has 0 rings (SSSR count). The summed E-state index contributed by atoms with van der Waals surface area (Å²) in [6, 6.07) is 1.49. The molecule has 0 amide bonds. The third-order valence-corrected chi connectivity index (χ3v) is 14.9. The number of esters is 5. The van der Waals surface area contributed by atoms with Gasteiger partial charge in [0.15, 0.2) is 12.0 Å². The molecule has 0 spiro atoms. The molecule has 0 heterocycles. The second-order valence-corrected chi connectivity index (χ2v) is 31.4. The molecule has 2 unspecified atom stereocenters. The molecule has 10 nitrogen and oxygen atoms in total. The number of rotatable bonds is 23. The lowest BCUT2D eigenvalue weighted by Gasteiger charge is -2.32. The molecule has 0 aliphatic rings. The van der Waals surface area contributed by atoms with E-state index in [1.807, 2.05) is 76.2 Å². The summed E-state index contributed by atoms with van der Waals surface area (Å²) >= 11 is 0. The summed E-state index contributed by atoms with van der Waals surface area (Å²) in [7, 11) is -0.741. The minimum absolute atomic E-state index is 0.00618. The van der Waals surface area contributed by atoms with E-state index in [0.29, 0.717) is 24.9 Å². The number of unbranched alkanes of at least 4 members (excludes halogenated alkanes) is 1. The molecule has 0 N–H and O–H groups in total. The summed E-state index contributed by atoms with van der Waals surface area (Å²) in [4.78, 5) is 57.1. The van der Waals surface area contributed by atoms with Gasteiger partial charge in [-0.25, -0.2) is 8.78 Å². The van der Waals surface area contributed by atoms with Gasteiger partial charge >= 0.3 is 48.4 Å². The van der Waals surface area contributed by atoms with Crippen molar-refractivity contribution in [2.45, 2.75) is 293 Å². The third kappa shape index (κ3) is 40.0. The first-order valence-electron chi connectivity index (χ1n) is 27.9. The van der Waals surface area contributed by atoms with Crippen LogP contribution in [0.5, 0.6) is 0 Å². The van der Waals surface area contributed by atoms with Gasteiger partial charge in [0.05, 0.1) is 34.4 Å². The maximum absolute atomic E-state index is 12.6. The average molecular weight is 1150 g/mol. The van der Waals surface area contributed by atoms with Gasteiger partial charge in [0, 0.05) is 8.07 Å². The SMILES string of the molecule is CCC(C)(C(=O)OC(C)(C)C)C(F)(F)F.CCC(C)(C)C(=O)OC(C(C)C)C(C)C.CCC(C)(C)C(=O)OC(C)C.CCC(C)(C)C(=O)OCC(F)(F)C(F)F.CCC(C)C[Si](C)(C)C.CCCCOC(=O)C(C)(C)CC. The molecule has 2 atom stereocenters. The summed E-state index contributed by atoms with van der Waals surface area (Å²) in [5.74, 6) is -4.93. The Morgan fingerprint density at radius 2 is 0.844 bits per heavy atom. The number of halogens is 7. The zero-order chi connectivity index (χ0) is 63.2. The summed E-state index contributed by atoms with van der Waals surface area (Å²) < 4.78 is 111. The molecule has 0 fully saturated rings. The minimum Gasteiger partial charge on any atom is -0.465 e. The second-order valence-electron chi connectivity index (χ2n) is 25.9. The van der Waals surface area contributed by atoms with E-state index in [2.05, 4.69) is 72.8 Å². The van der Waals surface area contributed by atoms with Crippen LogP contribution >= 0.6 is 0 Å². The van der Waals surface area contributed by atoms with Crippen LogP contribution in [0.25, 0.3) is 0 Å². The molecular weight excluding hydrogens is 1030 g/mol. The summed E-state index contributed by atoms with van der Waals surface area (Å²) in [6.45, 7) is 54.1. The molecule has 464 valence electrons. The van der Waals surface area contributed by atoms with Crippen LogP contribution in [0.15, 0.2) is 0 Å². The van der Waals surface area contributed by atoms with Crippen molar-refractivity contribution in [2.75, 3.05) is 13.2 Å². The lowest BCUT2D eigenvalue weighted by Crippen LogP contribution is -2.45. The zero-order valence-corrected chi connectivity index (χ0v) is 55.0. The summed E-state index contributed by atoms with van der Waals surface area (Å²) in [5.41, 5.74) is -5.25. The van der Waals surface area contributed by atoms with Crippen LogP contribution in [-0.2, 0) is 47.7 Å². The first kappa shape index (κ1) is 85.4. The average Bonchev–Trinajstić information content (AvgIpc) is 3.28. The van der Waals surface area contributed by atoms with Gasteiger partial charge in [-0.3, -0.25) is 24.0 Å². The molecule has 0 aromatic heterocycles. The van der Waals surface area contributed by atoms with Crippen molar-refractivity contribution in [1.29, 1.82) is 0 Å². The van der Waals surface area contributed by atoms with Crippen LogP contribution in [0.2, 0.25) is 25.7 Å². The van der Waals surface area contributed by atoms with E-state index < -0.39 is 61.6 Å². The van der Waals surface area contributed by atoms with Crippen LogP contribution in [0.3, 0.4) is 0 Å². The van der Waals surface area contributed by atoms with Gasteiger partial charge in [0.1, 0.15) is 11.7 Å². The van der Waals surface area contributed by atoms with E-state index in [1.165, 1.54) is 54.0 Å². The van der Waals surface area contributed by atoms with E-state index in [1.54, 1.807) is 6.92 Å². The molecule has 0 aromatic carbocycles. The lowest BCUT2D eigenvalue weighted by molar-refractivity contribution is -0.236. The van der Waals surface area contributed by atoms with Gasteiger partial charge in [-0.05, 0) is 153 Å². The molecule has 0 aliphatic heterocycles. The van der Waals surface area contributed by atoms with Crippen molar-refractivity contribution in [3.05, 3.63) is 0 Å². The van der Waals surface area contributed by atoms with E-state index in [-0.39, 0.29) is 52.8 Å². The number of hydrogen-bond acceptors (Lipinski definition) is 10. The molecule has 0 saturated heterocycles. The number of carbonyl (C=O) groups excluding carboxylic acids is 5. The Bertz CT molecular complexity index is 1620. The maximum Gasteiger partial charge on any atom is 0.404 e. The van der Waals surface area contributed by atoms with Crippen LogP contribution in [-0.4, -0.2) is 87.5 Å². The van der Waals surface area contributed by atoms with Crippen LogP contribution < -0.4 is 0 Å². The quantitative estimate of drug-likeness (QED) is 0.0320. The Morgan fingerprint density at radius 3 is 1.09 bits per heavy atom. The fraction of sp³-hybridized carbons (Fsp3) is 0.915. The molecular formula is C59H115F7O10Si. The normalized spacial score (nSPS) is 13.6. The number of hydrogen-bond donors (Lipinski definition) is 0. The topological polar surface area (TPSA) is 132 Å². The zero-order valence-electron chi connectivity index (χ0n) is 54.0. The smallest absolute Gasteiger partial charge is 0.404 e. The van der Waals surface area contributed by atoms with Gasteiger partial charge in [-0.1, -0.05) is 122 Å². The molecule has 18 heteroatoms. The Labute approximate surface area is 466 Å². The van der Waals surface area contributed by atoms with Gasteiger partial charge in [-0.2, -0.15) is 22.0 Å². The van der Waals surface area contributed by atoms with Crippen molar-refractivity contribution in [2.24, 2.45) is 44.8 Å². The highest BCUT2D eigenvalue weighted by molar-refractivity contribution is 6.76. The number of ether oxygens (including phenoxy) is 5. The van der Waals surface area contributed by atoms with E-state index in [4.69, 9.17) is 18.9 Å². The highest BCUT2D eigenvalue weighted by atomic mass is 28.3. The molecule has 77 heavy (non-hydrogen) atoms. The highest BCUT2D eigenvalue weighted by Crippen LogP contribution is 2.42. The third-order valence-electron chi connectivity index (χ3n) is 12.9. The van der Waals surface area contributed by atoms with Crippen molar-refractivity contribution in [3.63, 3.8) is 0 Å². The minimum atomic E-state index is -4.58. The fourth-order valence-corrected chi connectivity index (χ4v) is 7.62. The van der Waals surface area contributed by atoms with Crippen LogP contribution in [0.4, 0.5) is 30.7 Å². The Hall–Kier alpha value is -2.92. The Balaban J connectivity index is -0.000000198. The highest BCUT2D eigenvalue weighted by Gasteiger charge is 2.57. The van der Waals surface area contributed by atoms with Crippen molar-refractivity contribution >= 4 is 37.9 Å². The molecule has 0 saturated carbocycles. The largest absolute Gasteiger partial charge is 0.465 e. The monoisotopic (exact) mass is 1140 g/mol. The second kappa shape index (κ2) is 37.9. The predicted octanol–water partition coefficient (Wildman–Crippen LogP) is 18.3. The Morgan fingerprint density at radius 1 is 0.494 bits per heavy atom. The van der Waals surface area contributed by atoms with Gasteiger partial charge < -0.3 is 23.7 Å². The van der Waals surface area contributed by atoms with Crippen molar-refractivity contribution in [1.82, 2.24) is 0 Å². The molecule has 0 radical (unpaired) electrons. The molecule has 0 bridgehead atoms. The van der Waals surface area contributed by atoms with E-state index >= 15 is 0 Å². The number of carbonyl (C=O) groups is 5.